The molecular weight excluding hydrogens is 220 g/mol. The van der Waals surface area contributed by atoms with Gasteiger partial charge in [0.25, 0.3) is 0 Å². The molecule has 0 radical (unpaired) electrons. The van der Waals surface area contributed by atoms with Gasteiger partial charge in [-0.15, -0.1) is 0 Å². The Kier molecular flexibility index (Phi) is 3.89. The molecule has 4 heteroatoms. The van der Waals surface area contributed by atoms with Crippen LogP contribution in [0.2, 0.25) is 0 Å². The third-order valence-electron chi connectivity index (χ3n) is 2.75. The van der Waals surface area contributed by atoms with Crippen LogP contribution in [0.5, 0.6) is 0 Å². The molecule has 0 unspecified atom stereocenters. The second-order valence-corrected chi connectivity index (χ2v) is 4.17. The molecule has 0 heterocycles. The van der Waals surface area contributed by atoms with Gasteiger partial charge >= 0.3 is 11.9 Å². The summed E-state index contributed by atoms with van der Waals surface area (Å²) in [5, 5.41) is 18.2. The van der Waals surface area contributed by atoms with Crippen molar-refractivity contribution in [3.05, 3.63) is 34.4 Å². The zero-order valence-electron chi connectivity index (χ0n) is 10.2. The third kappa shape index (κ3) is 2.46. The van der Waals surface area contributed by atoms with Crippen LogP contribution < -0.4 is 0 Å². The molecule has 0 amide bonds. The Bertz CT molecular complexity index is 461. The van der Waals surface area contributed by atoms with Gasteiger partial charge in [0.1, 0.15) is 0 Å². The van der Waals surface area contributed by atoms with E-state index in [0.29, 0.717) is 17.5 Å². The Morgan fingerprint density at radius 3 is 1.94 bits per heavy atom. The van der Waals surface area contributed by atoms with Gasteiger partial charge in [0, 0.05) is 0 Å². The molecule has 1 aromatic carbocycles. The molecule has 0 aliphatic rings. The second kappa shape index (κ2) is 4.99. The molecule has 0 saturated carbocycles. The van der Waals surface area contributed by atoms with Crippen molar-refractivity contribution >= 4 is 11.9 Å². The average Bonchev–Trinajstić information content (AvgIpc) is 2.26. The Hall–Kier alpha value is -1.84. The van der Waals surface area contributed by atoms with Crippen LogP contribution in [0, 0.1) is 0 Å². The fourth-order valence-electron chi connectivity index (χ4n) is 2.09. The molecule has 1 aromatic rings. The maximum absolute atomic E-state index is 11.1. The Morgan fingerprint density at radius 2 is 1.59 bits per heavy atom. The molecule has 0 saturated heterocycles. The van der Waals surface area contributed by atoms with Gasteiger partial charge < -0.3 is 10.2 Å². The quantitative estimate of drug-likeness (QED) is 0.842. The largest absolute Gasteiger partial charge is 0.478 e. The second-order valence-electron chi connectivity index (χ2n) is 4.17. The standard InChI is InChI=1S/C13H16O4/c1-4-8-9(12(14)15)5-6-10(13(16)17)11(8)7(2)3/h5-7H,4H2,1-3H3,(H,14,15)(H,16,17). The lowest BCUT2D eigenvalue weighted by atomic mass is 9.87. The topological polar surface area (TPSA) is 74.6 Å². The molecule has 0 aliphatic carbocycles. The van der Waals surface area contributed by atoms with E-state index in [1.54, 1.807) is 0 Å². The summed E-state index contributed by atoms with van der Waals surface area (Å²) in [4.78, 5) is 22.2. The highest BCUT2D eigenvalue weighted by Gasteiger charge is 2.21. The number of hydrogen-bond acceptors (Lipinski definition) is 2. The SMILES string of the molecule is CCc1c(C(=O)O)ccc(C(=O)O)c1C(C)C. The Balaban J connectivity index is 3.61. The maximum atomic E-state index is 11.1. The first-order chi connectivity index (χ1) is 7.90. The zero-order chi connectivity index (χ0) is 13.2. The van der Waals surface area contributed by atoms with Crippen molar-refractivity contribution in [2.24, 2.45) is 0 Å². The lowest BCUT2D eigenvalue weighted by molar-refractivity contribution is 0.0678. The predicted molar refractivity (Wildman–Crippen MR) is 63.8 cm³/mol. The summed E-state index contributed by atoms with van der Waals surface area (Å²) in [6.07, 6.45) is 0.510. The number of carboxylic acids is 2. The summed E-state index contributed by atoms with van der Waals surface area (Å²) in [7, 11) is 0. The molecule has 4 nitrogen and oxygen atoms in total. The van der Waals surface area contributed by atoms with Gasteiger partial charge in [-0.2, -0.15) is 0 Å². The fourth-order valence-corrected chi connectivity index (χ4v) is 2.09. The molecule has 0 spiro atoms. The molecule has 1 rings (SSSR count). The van der Waals surface area contributed by atoms with E-state index in [4.69, 9.17) is 10.2 Å². The lowest BCUT2D eigenvalue weighted by Gasteiger charge is -2.17. The summed E-state index contributed by atoms with van der Waals surface area (Å²) in [6.45, 7) is 5.57. The predicted octanol–water partition coefficient (Wildman–Crippen LogP) is 2.77. The number of benzene rings is 1. The van der Waals surface area contributed by atoms with Crippen LogP contribution in [-0.4, -0.2) is 22.2 Å². The van der Waals surface area contributed by atoms with Gasteiger partial charge in [-0.1, -0.05) is 20.8 Å². The Morgan fingerprint density at radius 1 is 1.12 bits per heavy atom. The first-order valence-corrected chi connectivity index (χ1v) is 5.52. The lowest BCUT2D eigenvalue weighted by Crippen LogP contribution is -2.12. The van der Waals surface area contributed by atoms with Gasteiger partial charge in [-0.3, -0.25) is 0 Å². The van der Waals surface area contributed by atoms with E-state index in [-0.39, 0.29) is 17.0 Å². The summed E-state index contributed by atoms with van der Waals surface area (Å²) in [6, 6.07) is 2.75. The van der Waals surface area contributed by atoms with Crippen LogP contribution in [0.15, 0.2) is 12.1 Å². The van der Waals surface area contributed by atoms with Gasteiger partial charge in [0.15, 0.2) is 0 Å². The van der Waals surface area contributed by atoms with Crippen molar-refractivity contribution in [1.82, 2.24) is 0 Å². The van der Waals surface area contributed by atoms with Gasteiger partial charge in [-0.05, 0) is 35.6 Å². The molecular formula is C13H16O4. The van der Waals surface area contributed by atoms with Crippen LogP contribution in [-0.2, 0) is 6.42 Å². The van der Waals surface area contributed by atoms with E-state index in [0.717, 1.165) is 0 Å². The Labute approximate surface area is 99.9 Å². The van der Waals surface area contributed by atoms with Crippen LogP contribution in [0.3, 0.4) is 0 Å². The molecule has 92 valence electrons. The van der Waals surface area contributed by atoms with E-state index in [1.807, 2.05) is 20.8 Å². The number of hydrogen-bond donors (Lipinski definition) is 2. The molecule has 17 heavy (non-hydrogen) atoms. The van der Waals surface area contributed by atoms with Crippen molar-refractivity contribution in [2.45, 2.75) is 33.1 Å². The number of carboxylic acid groups (broad SMARTS) is 2. The van der Waals surface area contributed by atoms with Crippen molar-refractivity contribution in [3.63, 3.8) is 0 Å². The summed E-state index contributed by atoms with van der Waals surface area (Å²) < 4.78 is 0. The highest BCUT2D eigenvalue weighted by atomic mass is 16.4. The minimum absolute atomic E-state index is 0.0182. The van der Waals surface area contributed by atoms with Gasteiger partial charge in [0.2, 0.25) is 0 Å². The van der Waals surface area contributed by atoms with Crippen LogP contribution in [0.1, 0.15) is 58.5 Å². The maximum Gasteiger partial charge on any atom is 0.335 e. The van der Waals surface area contributed by atoms with Crippen LogP contribution >= 0.6 is 0 Å². The van der Waals surface area contributed by atoms with Crippen LogP contribution in [0.25, 0.3) is 0 Å². The monoisotopic (exact) mass is 236 g/mol. The smallest absolute Gasteiger partial charge is 0.335 e. The van der Waals surface area contributed by atoms with Crippen molar-refractivity contribution < 1.29 is 19.8 Å². The summed E-state index contributed by atoms with van der Waals surface area (Å²) in [5.41, 5.74) is 1.63. The molecule has 0 fully saturated rings. The average molecular weight is 236 g/mol. The van der Waals surface area contributed by atoms with E-state index in [9.17, 15) is 9.59 Å². The minimum atomic E-state index is -1.01. The summed E-state index contributed by atoms with van der Waals surface area (Å²) in [5.74, 6) is -2.05. The van der Waals surface area contributed by atoms with Gasteiger partial charge in [0.05, 0.1) is 11.1 Å². The zero-order valence-corrected chi connectivity index (χ0v) is 10.2. The summed E-state index contributed by atoms with van der Waals surface area (Å²) >= 11 is 0. The number of carbonyl (C=O) groups is 2. The van der Waals surface area contributed by atoms with Crippen molar-refractivity contribution in [3.8, 4) is 0 Å². The van der Waals surface area contributed by atoms with E-state index in [2.05, 4.69) is 0 Å². The first kappa shape index (κ1) is 13.2. The minimum Gasteiger partial charge on any atom is -0.478 e. The van der Waals surface area contributed by atoms with E-state index >= 15 is 0 Å². The molecule has 2 N–H and O–H groups in total. The first-order valence-electron chi connectivity index (χ1n) is 5.52. The number of rotatable bonds is 4. The highest BCUT2D eigenvalue weighted by molar-refractivity contribution is 5.95. The highest BCUT2D eigenvalue weighted by Crippen LogP contribution is 2.27. The van der Waals surface area contributed by atoms with E-state index < -0.39 is 11.9 Å². The number of aromatic carboxylic acids is 2. The molecule has 0 bridgehead atoms. The van der Waals surface area contributed by atoms with Crippen molar-refractivity contribution in [2.75, 3.05) is 0 Å². The molecule has 0 aromatic heterocycles. The molecule has 0 atom stereocenters. The third-order valence-corrected chi connectivity index (χ3v) is 2.75. The molecule has 0 aliphatic heterocycles. The van der Waals surface area contributed by atoms with Crippen LogP contribution in [0.4, 0.5) is 0 Å². The van der Waals surface area contributed by atoms with Gasteiger partial charge in [-0.25, -0.2) is 9.59 Å². The van der Waals surface area contributed by atoms with Crippen molar-refractivity contribution in [1.29, 1.82) is 0 Å². The normalized spacial score (nSPS) is 10.6. The van der Waals surface area contributed by atoms with E-state index in [1.165, 1.54) is 12.1 Å². The fraction of sp³-hybridized carbons (Fsp3) is 0.385.